The fourth-order valence-electron chi connectivity index (χ4n) is 1.50. The van der Waals surface area contributed by atoms with Crippen LogP contribution in [0.15, 0.2) is 24.3 Å². The van der Waals surface area contributed by atoms with Gasteiger partial charge in [0, 0.05) is 17.6 Å². The van der Waals surface area contributed by atoms with Gasteiger partial charge in [0.15, 0.2) is 0 Å². The van der Waals surface area contributed by atoms with E-state index >= 15 is 0 Å². The van der Waals surface area contributed by atoms with Crippen LogP contribution in [0.1, 0.15) is 45.2 Å². The Labute approximate surface area is 121 Å². The lowest BCUT2D eigenvalue weighted by atomic mass is 10.1. The van der Waals surface area contributed by atoms with E-state index in [0.717, 1.165) is 12.1 Å². The van der Waals surface area contributed by atoms with Crippen LogP contribution in [0.2, 0.25) is 0 Å². The molecule has 3 heteroatoms. The van der Waals surface area contributed by atoms with Crippen molar-refractivity contribution < 1.29 is 9.53 Å². The first kappa shape index (κ1) is 16.3. The van der Waals surface area contributed by atoms with Gasteiger partial charge in [-0.2, -0.15) is 0 Å². The van der Waals surface area contributed by atoms with Crippen molar-refractivity contribution in [2.24, 2.45) is 0 Å². The number of ether oxygens (including phenoxy) is 1. The molecule has 3 nitrogen and oxygen atoms in total. The molecule has 0 heterocycles. The van der Waals surface area contributed by atoms with Gasteiger partial charge < -0.3 is 10.1 Å². The average molecular weight is 273 g/mol. The second-order valence-electron chi connectivity index (χ2n) is 5.58. The van der Waals surface area contributed by atoms with Crippen molar-refractivity contribution in [2.45, 2.75) is 46.2 Å². The smallest absolute Gasteiger partial charge is 0.317 e. The van der Waals surface area contributed by atoms with Crippen molar-refractivity contribution in [3.63, 3.8) is 0 Å². The van der Waals surface area contributed by atoms with Gasteiger partial charge >= 0.3 is 5.97 Å². The largest absolute Gasteiger partial charge is 0.465 e. The van der Waals surface area contributed by atoms with Crippen LogP contribution in [0.25, 0.3) is 0 Å². The van der Waals surface area contributed by atoms with Gasteiger partial charge in [-0.3, -0.25) is 4.79 Å². The summed E-state index contributed by atoms with van der Waals surface area (Å²) in [5.74, 6) is 5.51. The molecule has 0 saturated carbocycles. The number of rotatable bonds is 4. The number of benzene rings is 1. The molecular formula is C17H23NO2. The molecule has 0 atom stereocenters. The third kappa shape index (κ3) is 6.96. The first-order valence-corrected chi connectivity index (χ1v) is 6.89. The van der Waals surface area contributed by atoms with E-state index < -0.39 is 0 Å². The predicted octanol–water partition coefficient (Wildman–Crippen LogP) is 2.88. The van der Waals surface area contributed by atoms with Crippen molar-refractivity contribution in [3.8, 4) is 11.8 Å². The summed E-state index contributed by atoms with van der Waals surface area (Å²) in [6.45, 7) is 9.44. The maximum Gasteiger partial charge on any atom is 0.317 e. The van der Waals surface area contributed by atoms with Crippen LogP contribution >= 0.6 is 0 Å². The summed E-state index contributed by atoms with van der Waals surface area (Å²) in [4.78, 5) is 11.1. The minimum absolute atomic E-state index is 0.109. The topological polar surface area (TPSA) is 38.3 Å². The van der Waals surface area contributed by atoms with Crippen molar-refractivity contribution in [1.29, 1.82) is 0 Å². The molecule has 1 aromatic carbocycles. The Morgan fingerprint density at radius 1 is 1.25 bits per heavy atom. The molecular weight excluding hydrogens is 250 g/mol. The van der Waals surface area contributed by atoms with Crippen molar-refractivity contribution in [2.75, 3.05) is 6.61 Å². The number of carbonyl (C=O) groups excluding carboxylic acids is 1. The summed E-state index contributed by atoms with van der Waals surface area (Å²) in [5.41, 5.74) is 2.24. The van der Waals surface area contributed by atoms with Gasteiger partial charge in [-0.25, -0.2) is 0 Å². The van der Waals surface area contributed by atoms with E-state index in [-0.39, 0.29) is 17.9 Å². The van der Waals surface area contributed by atoms with Crippen LogP contribution in [0.5, 0.6) is 0 Å². The van der Waals surface area contributed by atoms with Crippen molar-refractivity contribution in [1.82, 2.24) is 5.32 Å². The van der Waals surface area contributed by atoms with Crippen LogP contribution in [0, 0.1) is 11.8 Å². The van der Waals surface area contributed by atoms with E-state index in [1.54, 1.807) is 6.92 Å². The van der Waals surface area contributed by atoms with Gasteiger partial charge in [0.25, 0.3) is 0 Å². The molecule has 0 saturated heterocycles. The van der Waals surface area contributed by atoms with Gasteiger partial charge in [0.1, 0.15) is 6.42 Å². The quantitative estimate of drug-likeness (QED) is 0.677. The molecule has 0 aliphatic carbocycles. The van der Waals surface area contributed by atoms with Gasteiger partial charge in [0.2, 0.25) is 0 Å². The van der Waals surface area contributed by atoms with E-state index in [0.29, 0.717) is 6.61 Å². The Balaban J connectivity index is 2.50. The van der Waals surface area contributed by atoms with Gasteiger partial charge in [-0.05, 0) is 45.4 Å². The van der Waals surface area contributed by atoms with Crippen LogP contribution in [-0.4, -0.2) is 18.1 Å². The third-order valence-electron chi connectivity index (χ3n) is 2.55. The molecule has 0 aliphatic heterocycles. The fraction of sp³-hybridized carbons (Fsp3) is 0.471. The van der Waals surface area contributed by atoms with Crippen LogP contribution in [0.3, 0.4) is 0 Å². The highest BCUT2D eigenvalue weighted by molar-refractivity contribution is 5.72. The van der Waals surface area contributed by atoms with Gasteiger partial charge in [0.05, 0.1) is 6.61 Å². The van der Waals surface area contributed by atoms with Crippen LogP contribution < -0.4 is 5.32 Å². The molecule has 0 amide bonds. The SMILES string of the molecule is CCOC(=O)CC#Cc1ccc(CNC(C)(C)C)cc1. The monoisotopic (exact) mass is 273 g/mol. The standard InChI is InChI=1S/C17H23NO2/c1-5-20-16(19)8-6-7-14-9-11-15(12-10-14)13-18-17(2,3)4/h9-12,18H,5,8,13H2,1-4H3. The first-order valence-electron chi connectivity index (χ1n) is 6.89. The molecule has 1 aromatic rings. The Bertz CT molecular complexity index is 486. The maximum atomic E-state index is 11.1. The summed E-state index contributed by atoms with van der Waals surface area (Å²) in [7, 11) is 0. The molecule has 0 fully saturated rings. The van der Waals surface area contributed by atoms with Crippen LogP contribution in [-0.2, 0) is 16.1 Å². The summed E-state index contributed by atoms with van der Waals surface area (Å²) in [5, 5.41) is 3.43. The van der Waals surface area contributed by atoms with Gasteiger partial charge in [-0.15, -0.1) is 0 Å². The molecule has 0 aliphatic rings. The van der Waals surface area contributed by atoms with E-state index in [4.69, 9.17) is 4.74 Å². The lowest BCUT2D eigenvalue weighted by Crippen LogP contribution is -2.35. The van der Waals surface area contributed by atoms with E-state index in [1.807, 2.05) is 24.3 Å². The lowest BCUT2D eigenvalue weighted by molar-refractivity contribution is -0.141. The Morgan fingerprint density at radius 2 is 1.90 bits per heavy atom. The molecule has 20 heavy (non-hydrogen) atoms. The molecule has 1 N–H and O–H groups in total. The normalized spacial score (nSPS) is 10.6. The minimum atomic E-state index is -0.272. The predicted molar refractivity (Wildman–Crippen MR) is 81.2 cm³/mol. The molecule has 0 aromatic heterocycles. The highest BCUT2D eigenvalue weighted by Crippen LogP contribution is 2.06. The summed E-state index contributed by atoms with van der Waals surface area (Å²) < 4.78 is 4.81. The summed E-state index contributed by atoms with van der Waals surface area (Å²) in [6.07, 6.45) is 0.140. The molecule has 108 valence electrons. The highest BCUT2D eigenvalue weighted by Gasteiger charge is 2.07. The molecule has 0 unspecified atom stereocenters. The second-order valence-corrected chi connectivity index (χ2v) is 5.58. The number of carbonyl (C=O) groups is 1. The lowest BCUT2D eigenvalue weighted by Gasteiger charge is -2.20. The highest BCUT2D eigenvalue weighted by atomic mass is 16.5. The molecule has 0 radical (unpaired) electrons. The second kappa shape index (κ2) is 7.72. The molecule has 0 bridgehead atoms. The zero-order chi connectivity index (χ0) is 15.0. The fourth-order valence-corrected chi connectivity index (χ4v) is 1.50. The van der Waals surface area contributed by atoms with Crippen molar-refractivity contribution >= 4 is 5.97 Å². The van der Waals surface area contributed by atoms with E-state index in [1.165, 1.54) is 5.56 Å². The zero-order valence-corrected chi connectivity index (χ0v) is 12.7. The van der Waals surface area contributed by atoms with Crippen LogP contribution in [0.4, 0.5) is 0 Å². The number of esters is 1. The average Bonchev–Trinajstić information content (AvgIpc) is 2.37. The first-order chi connectivity index (χ1) is 9.40. The molecule has 1 rings (SSSR count). The Hall–Kier alpha value is -1.79. The Kier molecular flexibility index (Phi) is 6.27. The third-order valence-corrected chi connectivity index (χ3v) is 2.55. The van der Waals surface area contributed by atoms with Crippen molar-refractivity contribution in [3.05, 3.63) is 35.4 Å². The number of nitrogens with one attached hydrogen (secondary N) is 1. The van der Waals surface area contributed by atoms with Gasteiger partial charge in [-0.1, -0.05) is 24.0 Å². The Morgan fingerprint density at radius 3 is 2.45 bits per heavy atom. The molecule has 0 spiro atoms. The van der Waals surface area contributed by atoms with E-state index in [2.05, 4.69) is 37.9 Å². The number of hydrogen-bond donors (Lipinski definition) is 1. The maximum absolute atomic E-state index is 11.1. The zero-order valence-electron chi connectivity index (χ0n) is 12.7. The summed E-state index contributed by atoms with van der Waals surface area (Å²) in [6, 6.07) is 8.04. The summed E-state index contributed by atoms with van der Waals surface area (Å²) >= 11 is 0. The number of hydrogen-bond acceptors (Lipinski definition) is 3. The minimum Gasteiger partial charge on any atom is -0.465 e. The van der Waals surface area contributed by atoms with E-state index in [9.17, 15) is 4.79 Å².